The SMILES string of the molecule is S=c1cn[nH][s+]1S. The van der Waals surface area contributed by atoms with Crippen LogP contribution in [0.2, 0.25) is 0 Å². The molecule has 38 valence electrons. The van der Waals surface area contributed by atoms with Crippen molar-refractivity contribution < 1.29 is 0 Å². The summed E-state index contributed by atoms with van der Waals surface area (Å²) < 4.78 is 3.47. The quantitative estimate of drug-likeness (QED) is 0.255. The predicted octanol–water partition coefficient (Wildman–Crippen LogP) is 1.58. The number of nitrogens with zero attached hydrogens (tertiary/aromatic N) is 1. The van der Waals surface area contributed by atoms with Crippen molar-refractivity contribution in [3.63, 3.8) is 0 Å². The van der Waals surface area contributed by atoms with Crippen molar-refractivity contribution >= 4 is 33.6 Å². The van der Waals surface area contributed by atoms with E-state index in [2.05, 4.69) is 21.2 Å². The van der Waals surface area contributed by atoms with Gasteiger partial charge in [-0.15, -0.1) is 0 Å². The van der Waals surface area contributed by atoms with E-state index in [1.54, 1.807) is 6.20 Å². The summed E-state index contributed by atoms with van der Waals surface area (Å²) in [5.74, 6) is 0. The highest BCUT2D eigenvalue weighted by atomic mass is 33.1. The normalized spacial score (nSPS) is 11.9. The van der Waals surface area contributed by atoms with Gasteiger partial charge in [-0.05, 0) is 0 Å². The summed E-state index contributed by atoms with van der Waals surface area (Å²) in [6.45, 7) is 0. The number of thiol groups is 1. The van der Waals surface area contributed by atoms with Crippen LogP contribution in [-0.2, 0) is 0 Å². The number of hydrogen-bond acceptors (Lipinski definition) is 3. The summed E-state index contributed by atoms with van der Waals surface area (Å²) in [6.07, 6.45) is 1.60. The molecule has 0 bridgehead atoms. The average Bonchev–Trinajstić information content (AvgIpc) is 1.91. The molecule has 0 aliphatic rings. The highest BCUT2D eigenvalue weighted by Crippen LogP contribution is 2.16. The Kier molecular flexibility index (Phi) is 1.46. The van der Waals surface area contributed by atoms with Crippen LogP contribution in [0, 0.1) is 3.82 Å². The Labute approximate surface area is 53.5 Å². The Hall–Kier alpha value is 0.130. The van der Waals surface area contributed by atoms with Crippen LogP contribution < -0.4 is 0 Å². The van der Waals surface area contributed by atoms with E-state index in [9.17, 15) is 0 Å². The van der Waals surface area contributed by atoms with Crippen molar-refractivity contribution in [1.82, 2.24) is 9.59 Å². The van der Waals surface area contributed by atoms with E-state index in [-0.39, 0.29) is 9.70 Å². The molecule has 0 aromatic carbocycles. The molecule has 5 heteroatoms. The van der Waals surface area contributed by atoms with Crippen molar-refractivity contribution in [2.24, 2.45) is 0 Å². The molecule has 0 radical (unpaired) electrons. The molecule has 0 amide bonds. The molecule has 1 N–H and O–H groups in total. The number of hydrogen-bond donors (Lipinski definition) is 2. The van der Waals surface area contributed by atoms with E-state index < -0.39 is 0 Å². The topological polar surface area (TPSA) is 28.7 Å². The lowest BCUT2D eigenvalue weighted by molar-refractivity contribution is 1.15. The number of rotatable bonds is 0. The minimum absolute atomic E-state index is 0.264. The molecular formula is C2H3N2S3+. The average molecular weight is 151 g/mol. The Bertz CT molecular complexity index is 199. The van der Waals surface area contributed by atoms with Crippen LogP contribution in [0.15, 0.2) is 6.20 Å². The van der Waals surface area contributed by atoms with Crippen LogP contribution >= 0.6 is 33.6 Å². The van der Waals surface area contributed by atoms with E-state index in [0.717, 1.165) is 3.82 Å². The Balaban J connectivity index is 3.39. The lowest BCUT2D eigenvalue weighted by atomic mass is 11.0. The monoisotopic (exact) mass is 151 g/mol. The summed E-state index contributed by atoms with van der Waals surface area (Å²) in [5.41, 5.74) is 0. The zero-order chi connectivity index (χ0) is 5.28. The van der Waals surface area contributed by atoms with Gasteiger partial charge < -0.3 is 0 Å². The van der Waals surface area contributed by atoms with Gasteiger partial charge in [-0.1, -0.05) is 0 Å². The Morgan fingerprint density at radius 1 is 2.00 bits per heavy atom. The van der Waals surface area contributed by atoms with Crippen LogP contribution in [0.4, 0.5) is 0 Å². The standard InChI is InChI=1S/C2H2N2S3/c5-2-1-3-4-7(2)6/h1,6H/p+1. The molecule has 0 spiro atoms. The summed E-state index contributed by atoms with van der Waals surface area (Å²) in [6, 6.07) is 0. The van der Waals surface area contributed by atoms with Gasteiger partial charge in [0.25, 0.3) is 12.2 Å². The molecule has 1 atom stereocenters. The first-order valence-electron chi connectivity index (χ1n) is 1.57. The first kappa shape index (κ1) is 5.27. The fourth-order valence-corrected chi connectivity index (χ4v) is 1.07. The van der Waals surface area contributed by atoms with Crippen molar-refractivity contribution in [3.8, 4) is 0 Å². The highest BCUT2D eigenvalue weighted by molar-refractivity contribution is 8.32. The Morgan fingerprint density at radius 2 is 2.71 bits per heavy atom. The zero-order valence-corrected chi connectivity index (χ0v) is 5.82. The van der Waals surface area contributed by atoms with Crippen molar-refractivity contribution in [2.75, 3.05) is 0 Å². The molecule has 1 unspecified atom stereocenters. The summed E-state index contributed by atoms with van der Waals surface area (Å²) in [4.78, 5) is 0. The molecule has 0 aliphatic carbocycles. The molecule has 2 nitrogen and oxygen atoms in total. The first-order chi connectivity index (χ1) is 3.30. The molecule has 0 saturated carbocycles. The van der Waals surface area contributed by atoms with Gasteiger partial charge >= 0.3 is 3.82 Å². The van der Waals surface area contributed by atoms with Crippen molar-refractivity contribution in [3.05, 3.63) is 10.0 Å². The fourth-order valence-electron chi connectivity index (χ4n) is 0.224. The van der Waals surface area contributed by atoms with Crippen LogP contribution in [0.25, 0.3) is 0 Å². The smallest absolute Gasteiger partial charge is 0.162 e. The molecule has 1 aromatic heterocycles. The van der Waals surface area contributed by atoms with Gasteiger partial charge in [0.15, 0.2) is 0 Å². The third-order valence-electron chi connectivity index (χ3n) is 0.500. The maximum absolute atomic E-state index is 4.77. The molecule has 1 aromatic rings. The van der Waals surface area contributed by atoms with Crippen molar-refractivity contribution in [2.45, 2.75) is 0 Å². The summed E-state index contributed by atoms with van der Waals surface area (Å²) in [7, 11) is -0.264. The first-order valence-corrected chi connectivity index (χ1v) is 4.25. The largest absolute Gasteiger partial charge is 0.332 e. The van der Waals surface area contributed by atoms with Crippen molar-refractivity contribution in [1.29, 1.82) is 0 Å². The van der Waals surface area contributed by atoms with Gasteiger partial charge in [0.1, 0.15) is 6.20 Å². The van der Waals surface area contributed by atoms with Gasteiger partial charge in [-0.2, -0.15) is 9.59 Å². The number of nitrogens with one attached hydrogen (secondary N) is 1. The van der Waals surface area contributed by atoms with Gasteiger partial charge in [-0.25, -0.2) is 0 Å². The van der Waals surface area contributed by atoms with E-state index in [1.165, 1.54) is 0 Å². The number of aromatic amines is 1. The van der Waals surface area contributed by atoms with Gasteiger partial charge in [-0.3, -0.25) is 0 Å². The lowest BCUT2D eigenvalue weighted by Gasteiger charge is -1.60. The maximum Gasteiger partial charge on any atom is 0.332 e. The van der Waals surface area contributed by atoms with E-state index >= 15 is 0 Å². The molecule has 0 aliphatic heterocycles. The Morgan fingerprint density at radius 3 is 2.86 bits per heavy atom. The minimum atomic E-state index is -0.264. The molecule has 0 saturated heterocycles. The van der Waals surface area contributed by atoms with Crippen LogP contribution in [0.5, 0.6) is 0 Å². The molecule has 1 heterocycles. The summed E-state index contributed by atoms with van der Waals surface area (Å²) >= 11 is 8.80. The third kappa shape index (κ3) is 1.02. The van der Waals surface area contributed by atoms with Crippen LogP contribution in [0.3, 0.4) is 0 Å². The number of H-pyrrole nitrogens is 1. The predicted molar refractivity (Wildman–Crippen MR) is 36.3 cm³/mol. The third-order valence-corrected chi connectivity index (χ3v) is 3.08. The van der Waals surface area contributed by atoms with Gasteiger partial charge in [0, 0.05) is 11.7 Å². The van der Waals surface area contributed by atoms with Crippen LogP contribution in [0.1, 0.15) is 0 Å². The molecular weight excluding hydrogens is 148 g/mol. The molecule has 7 heavy (non-hydrogen) atoms. The van der Waals surface area contributed by atoms with E-state index in [1.807, 2.05) is 0 Å². The second kappa shape index (κ2) is 1.94. The van der Waals surface area contributed by atoms with Gasteiger partial charge in [0.05, 0.1) is 9.70 Å². The zero-order valence-electron chi connectivity index (χ0n) is 3.29. The van der Waals surface area contributed by atoms with Gasteiger partial charge in [0.2, 0.25) is 0 Å². The minimum Gasteiger partial charge on any atom is -0.162 e. The summed E-state index contributed by atoms with van der Waals surface area (Å²) in [5, 5.41) is 3.67. The van der Waals surface area contributed by atoms with E-state index in [0.29, 0.717) is 0 Å². The van der Waals surface area contributed by atoms with Crippen LogP contribution in [-0.4, -0.2) is 9.59 Å². The molecule has 0 fully saturated rings. The second-order valence-electron chi connectivity index (χ2n) is 0.953. The molecule has 1 rings (SSSR count). The maximum atomic E-state index is 4.77. The van der Waals surface area contributed by atoms with E-state index in [4.69, 9.17) is 12.2 Å². The lowest BCUT2D eigenvalue weighted by Crippen LogP contribution is -1.53. The fraction of sp³-hybridized carbons (Fsp3) is 0. The second-order valence-corrected chi connectivity index (χ2v) is 3.94. The number of aromatic nitrogens is 2. The highest BCUT2D eigenvalue weighted by Gasteiger charge is 1.95.